The van der Waals surface area contributed by atoms with Crippen LogP contribution in [0.3, 0.4) is 0 Å². The summed E-state index contributed by atoms with van der Waals surface area (Å²) in [5, 5.41) is 0.429. The van der Waals surface area contributed by atoms with Crippen LogP contribution in [0.4, 0.5) is 4.39 Å². The van der Waals surface area contributed by atoms with E-state index in [4.69, 9.17) is 16.3 Å². The zero-order valence-corrected chi connectivity index (χ0v) is 9.84. The van der Waals surface area contributed by atoms with Gasteiger partial charge in [0, 0.05) is 10.6 Å². The summed E-state index contributed by atoms with van der Waals surface area (Å²) in [5.74, 6) is -0.701. The van der Waals surface area contributed by atoms with Gasteiger partial charge in [-0.2, -0.15) is 0 Å². The normalized spacial score (nSPS) is 27.6. The monoisotopic (exact) mass is 242 g/mol. The molecule has 16 heavy (non-hydrogen) atoms. The number of carbonyl (C=O) groups excluding carboxylic acids is 1. The van der Waals surface area contributed by atoms with Gasteiger partial charge in [-0.25, -0.2) is 4.39 Å². The summed E-state index contributed by atoms with van der Waals surface area (Å²) in [6.07, 6.45) is 0.608. The van der Waals surface area contributed by atoms with Crippen molar-refractivity contribution in [3.05, 3.63) is 34.6 Å². The first-order valence-corrected chi connectivity index (χ1v) is 5.44. The van der Waals surface area contributed by atoms with Crippen LogP contribution in [0.2, 0.25) is 5.02 Å². The highest BCUT2D eigenvalue weighted by Gasteiger charge is 2.60. The van der Waals surface area contributed by atoms with Crippen LogP contribution in [-0.4, -0.2) is 13.1 Å². The highest BCUT2D eigenvalue weighted by molar-refractivity contribution is 6.30. The number of halogens is 2. The van der Waals surface area contributed by atoms with Crippen molar-refractivity contribution in [1.82, 2.24) is 0 Å². The molecule has 2 atom stereocenters. The second-order valence-corrected chi connectivity index (χ2v) is 4.63. The predicted molar refractivity (Wildman–Crippen MR) is 58.9 cm³/mol. The lowest BCUT2D eigenvalue weighted by molar-refractivity contribution is -0.144. The molecule has 1 fully saturated rings. The van der Waals surface area contributed by atoms with Gasteiger partial charge in [-0.15, -0.1) is 0 Å². The number of benzene rings is 1. The summed E-state index contributed by atoms with van der Waals surface area (Å²) in [6, 6.07) is 4.27. The van der Waals surface area contributed by atoms with Gasteiger partial charge in [-0.3, -0.25) is 4.79 Å². The summed E-state index contributed by atoms with van der Waals surface area (Å²) in [4.78, 5) is 11.7. The van der Waals surface area contributed by atoms with Gasteiger partial charge in [0.2, 0.25) is 0 Å². The minimum absolute atomic E-state index is 0.0907. The van der Waals surface area contributed by atoms with Crippen molar-refractivity contribution < 1.29 is 13.9 Å². The standard InChI is InChI=1S/C12H12ClFO2/c1-7-6-12(7,11(15)16-2)9-5-8(13)3-4-10(9)14/h3-5,7H,6H2,1-2H3. The Hall–Kier alpha value is -1.09. The van der Waals surface area contributed by atoms with Gasteiger partial charge in [0.15, 0.2) is 0 Å². The molecule has 1 saturated carbocycles. The number of hydrogen-bond acceptors (Lipinski definition) is 2. The number of methoxy groups -OCH3 is 1. The lowest BCUT2D eigenvalue weighted by atomic mass is 9.93. The van der Waals surface area contributed by atoms with Crippen LogP contribution in [0.25, 0.3) is 0 Å². The Morgan fingerprint density at radius 2 is 2.25 bits per heavy atom. The zero-order valence-electron chi connectivity index (χ0n) is 9.09. The average Bonchev–Trinajstić information content (AvgIpc) is 2.94. The average molecular weight is 243 g/mol. The van der Waals surface area contributed by atoms with Crippen molar-refractivity contribution in [1.29, 1.82) is 0 Å². The molecule has 0 heterocycles. The summed E-state index contributed by atoms with van der Waals surface area (Å²) in [6.45, 7) is 1.90. The second-order valence-electron chi connectivity index (χ2n) is 4.19. The van der Waals surface area contributed by atoms with Crippen LogP contribution in [0.15, 0.2) is 18.2 Å². The molecule has 0 aromatic heterocycles. The molecule has 2 nitrogen and oxygen atoms in total. The molecule has 0 radical (unpaired) electrons. The van der Waals surface area contributed by atoms with Crippen molar-refractivity contribution in [3.8, 4) is 0 Å². The van der Waals surface area contributed by atoms with E-state index in [9.17, 15) is 9.18 Å². The van der Waals surface area contributed by atoms with Gasteiger partial charge in [0.05, 0.1) is 12.5 Å². The van der Waals surface area contributed by atoms with Gasteiger partial charge in [-0.05, 0) is 30.5 Å². The van der Waals surface area contributed by atoms with Crippen molar-refractivity contribution in [2.24, 2.45) is 5.92 Å². The molecule has 86 valence electrons. The van der Waals surface area contributed by atoms with Crippen LogP contribution < -0.4 is 0 Å². The third-order valence-corrected chi connectivity index (χ3v) is 3.50. The molecule has 1 aromatic carbocycles. The minimum atomic E-state index is -0.830. The molecule has 2 unspecified atom stereocenters. The van der Waals surface area contributed by atoms with Gasteiger partial charge < -0.3 is 4.74 Å². The van der Waals surface area contributed by atoms with Crippen molar-refractivity contribution in [2.45, 2.75) is 18.8 Å². The molecule has 0 aliphatic heterocycles. The molecule has 0 N–H and O–H groups in total. The first kappa shape index (κ1) is 11.4. The molecule has 2 rings (SSSR count). The molecule has 0 bridgehead atoms. The summed E-state index contributed by atoms with van der Waals surface area (Å²) < 4.78 is 18.5. The van der Waals surface area contributed by atoms with Gasteiger partial charge in [0.1, 0.15) is 5.82 Å². The Bertz CT molecular complexity index is 447. The van der Waals surface area contributed by atoms with E-state index in [0.29, 0.717) is 17.0 Å². The van der Waals surface area contributed by atoms with Crippen molar-refractivity contribution in [2.75, 3.05) is 7.11 Å². The maximum Gasteiger partial charge on any atom is 0.316 e. The molecular formula is C12H12ClFO2. The number of ether oxygens (including phenoxy) is 1. The number of rotatable bonds is 2. The fourth-order valence-electron chi connectivity index (χ4n) is 2.22. The third-order valence-electron chi connectivity index (χ3n) is 3.27. The number of esters is 1. The van der Waals surface area contributed by atoms with Crippen LogP contribution in [0.5, 0.6) is 0 Å². The summed E-state index contributed by atoms with van der Waals surface area (Å²) >= 11 is 5.83. The lowest BCUT2D eigenvalue weighted by Crippen LogP contribution is -2.25. The minimum Gasteiger partial charge on any atom is -0.468 e. The second kappa shape index (κ2) is 3.74. The Morgan fingerprint density at radius 1 is 1.62 bits per heavy atom. The fraction of sp³-hybridized carbons (Fsp3) is 0.417. The fourth-order valence-corrected chi connectivity index (χ4v) is 2.39. The molecule has 1 aliphatic rings. The summed E-state index contributed by atoms with van der Waals surface area (Å²) in [7, 11) is 1.32. The summed E-state index contributed by atoms with van der Waals surface area (Å²) in [5.41, 5.74) is -0.483. The topological polar surface area (TPSA) is 26.3 Å². The van der Waals surface area contributed by atoms with Crippen molar-refractivity contribution in [3.63, 3.8) is 0 Å². The SMILES string of the molecule is COC(=O)C1(c2cc(Cl)ccc2F)CC1C. The Kier molecular flexibility index (Phi) is 2.66. The van der Waals surface area contributed by atoms with E-state index in [1.807, 2.05) is 6.92 Å². The van der Waals surface area contributed by atoms with Gasteiger partial charge >= 0.3 is 5.97 Å². The lowest BCUT2D eigenvalue weighted by Gasteiger charge is -2.15. The van der Waals surface area contributed by atoms with E-state index >= 15 is 0 Å². The largest absolute Gasteiger partial charge is 0.468 e. The van der Waals surface area contributed by atoms with Crippen LogP contribution in [0, 0.1) is 11.7 Å². The maximum atomic E-state index is 13.7. The molecule has 0 amide bonds. The Labute approximate surface area is 98.4 Å². The van der Waals surface area contributed by atoms with E-state index in [2.05, 4.69) is 0 Å². The molecule has 4 heteroatoms. The van der Waals surface area contributed by atoms with E-state index in [1.54, 1.807) is 0 Å². The molecule has 0 saturated heterocycles. The molecular weight excluding hydrogens is 231 g/mol. The van der Waals surface area contributed by atoms with Crippen molar-refractivity contribution >= 4 is 17.6 Å². The van der Waals surface area contributed by atoms with Crippen LogP contribution in [-0.2, 0) is 14.9 Å². The predicted octanol–water partition coefficient (Wildman–Crippen LogP) is 2.93. The molecule has 0 spiro atoms. The molecule has 1 aromatic rings. The number of carbonyl (C=O) groups is 1. The van der Waals surface area contributed by atoms with Crippen LogP contribution >= 0.6 is 11.6 Å². The van der Waals surface area contributed by atoms with Gasteiger partial charge in [0.25, 0.3) is 0 Å². The first-order valence-electron chi connectivity index (χ1n) is 5.06. The first-order chi connectivity index (χ1) is 7.52. The quantitative estimate of drug-likeness (QED) is 0.746. The maximum absolute atomic E-state index is 13.7. The van der Waals surface area contributed by atoms with E-state index in [-0.39, 0.29) is 11.9 Å². The van der Waals surface area contributed by atoms with Crippen LogP contribution in [0.1, 0.15) is 18.9 Å². The van der Waals surface area contributed by atoms with E-state index < -0.39 is 11.2 Å². The highest BCUT2D eigenvalue weighted by Crippen LogP contribution is 2.55. The Morgan fingerprint density at radius 3 is 2.75 bits per heavy atom. The zero-order chi connectivity index (χ0) is 11.9. The molecule has 1 aliphatic carbocycles. The van der Waals surface area contributed by atoms with E-state index in [1.165, 1.54) is 25.3 Å². The van der Waals surface area contributed by atoms with E-state index in [0.717, 1.165) is 0 Å². The highest BCUT2D eigenvalue weighted by atomic mass is 35.5. The number of hydrogen-bond donors (Lipinski definition) is 0. The Balaban J connectivity index is 2.50. The van der Waals surface area contributed by atoms with Gasteiger partial charge in [-0.1, -0.05) is 18.5 Å². The smallest absolute Gasteiger partial charge is 0.316 e. The third kappa shape index (κ3) is 1.50.